The Morgan fingerprint density at radius 2 is 0.776 bits per heavy atom. The predicted molar refractivity (Wildman–Crippen MR) is 315 cm³/mol. The zero-order valence-electron chi connectivity index (χ0n) is 41.6. The second-order valence-electron chi connectivity index (χ2n) is 20.6. The Kier molecular flexibility index (Phi) is 9.20. The van der Waals surface area contributed by atoms with E-state index in [-0.39, 0.29) is 0 Å². The van der Waals surface area contributed by atoms with Crippen molar-refractivity contribution in [3.05, 3.63) is 336 Å². The van der Waals surface area contributed by atoms with Gasteiger partial charge in [0.1, 0.15) is 0 Å². The SMILES string of the molecule is c1ccc(-c2ccc(-c3ccccc3N(c3ccc4c(c3)C3(c5ccccc5-c5ccccc53)c3cccc5c6ccccc6n-4c35)c3cccc4c3-c3ccccc3C4(c3ccccc3)c3ccccc3)cc2)cc1. The van der Waals surface area contributed by atoms with Gasteiger partial charge in [0.25, 0.3) is 0 Å². The van der Waals surface area contributed by atoms with Crippen LogP contribution in [-0.4, -0.2) is 4.57 Å². The zero-order valence-corrected chi connectivity index (χ0v) is 41.6. The molecule has 0 amide bonds. The standard InChI is InChI=1S/C74H48N2/c1-4-22-49(23-5-1)50-42-44-51(45-43-50)55-28-13-18-39-67(55)75(70-41-21-37-64-71(70)60-32-12-17-36-63(60)73(64,52-24-6-2-7-25-52)53-26-8-3-9-27-53)54-46-47-69-66(48-54)74(61-34-15-10-29-56(61)57-30-11-16-35-62(57)74)65-38-20-33-59-58-31-14-19-40-68(58)76(69)72(59)65/h1-48H. The van der Waals surface area contributed by atoms with Gasteiger partial charge in [-0.25, -0.2) is 0 Å². The number of nitrogens with zero attached hydrogens (tertiary/aromatic N) is 2. The Morgan fingerprint density at radius 1 is 0.289 bits per heavy atom. The third kappa shape index (κ3) is 5.70. The topological polar surface area (TPSA) is 8.17 Å². The summed E-state index contributed by atoms with van der Waals surface area (Å²) in [6, 6.07) is 109. The van der Waals surface area contributed by atoms with Gasteiger partial charge in [-0.1, -0.05) is 255 Å². The lowest BCUT2D eigenvalue weighted by molar-refractivity contribution is 0.748. The van der Waals surface area contributed by atoms with Gasteiger partial charge in [0.2, 0.25) is 0 Å². The van der Waals surface area contributed by atoms with Crippen LogP contribution in [0.25, 0.3) is 72.0 Å². The van der Waals surface area contributed by atoms with Gasteiger partial charge in [0.05, 0.1) is 38.9 Å². The lowest BCUT2D eigenvalue weighted by Gasteiger charge is -2.40. The number of benzene rings is 12. The summed E-state index contributed by atoms with van der Waals surface area (Å²) in [5.74, 6) is 0. The molecule has 2 aliphatic carbocycles. The van der Waals surface area contributed by atoms with Gasteiger partial charge >= 0.3 is 0 Å². The molecule has 354 valence electrons. The molecule has 1 spiro atoms. The summed E-state index contributed by atoms with van der Waals surface area (Å²) in [4.78, 5) is 2.59. The van der Waals surface area contributed by atoms with Gasteiger partial charge in [-0.3, -0.25) is 0 Å². The fourth-order valence-corrected chi connectivity index (χ4v) is 14.1. The van der Waals surface area contributed by atoms with Crippen molar-refractivity contribution in [2.45, 2.75) is 10.8 Å². The highest BCUT2D eigenvalue weighted by Gasteiger charge is 2.52. The Hall–Kier alpha value is -9.76. The molecule has 13 aromatic rings. The third-order valence-electron chi connectivity index (χ3n) is 17.1. The summed E-state index contributed by atoms with van der Waals surface area (Å²) < 4.78 is 2.56. The molecule has 0 bridgehead atoms. The van der Waals surface area contributed by atoms with Crippen LogP contribution in [0.3, 0.4) is 0 Å². The van der Waals surface area contributed by atoms with E-state index in [4.69, 9.17) is 0 Å². The molecule has 2 nitrogen and oxygen atoms in total. The van der Waals surface area contributed by atoms with Gasteiger partial charge in [0, 0.05) is 27.6 Å². The Labute approximate surface area is 442 Å². The molecule has 76 heavy (non-hydrogen) atoms. The first-order valence-corrected chi connectivity index (χ1v) is 26.5. The van der Waals surface area contributed by atoms with E-state index in [0.29, 0.717) is 0 Å². The highest BCUT2D eigenvalue weighted by Crippen LogP contribution is 2.63. The van der Waals surface area contributed by atoms with E-state index < -0.39 is 10.8 Å². The van der Waals surface area contributed by atoms with Crippen LogP contribution in [0.2, 0.25) is 0 Å². The lowest BCUT2D eigenvalue weighted by Crippen LogP contribution is -2.33. The van der Waals surface area contributed by atoms with Crippen molar-refractivity contribution >= 4 is 38.9 Å². The molecule has 0 saturated heterocycles. The van der Waals surface area contributed by atoms with Crippen molar-refractivity contribution < 1.29 is 0 Å². The van der Waals surface area contributed by atoms with Crippen molar-refractivity contribution in [3.8, 4) is 50.2 Å². The third-order valence-corrected chi connectivity index (χ3v) is 17.1. The number of fused-ring (bicyclic) bond motifs is 15. The molecular formula is C74H48N2. The Bertz CT molecular complexity index is 4370. The zero-order chi connectivity index (χ0) is 50.0. The first-order chi connectivity index (χ1) is 37.7. The van der Waals surface area contributed by atoms with Crippen LogP contribution in [0.5, 0.6) is 0 Å². The molecule has 2 heterocycles. The minimum absolute atomic E-state index is 0.579. The molecular weight excluding hydrogens is 917 g/mol. The minimum Gasteiger partial charge on any atom is -0.309 e. The molecule has 0 saturated carbocycles. The van der Waals surface area contributed by atoms with Gasteiger partial charge in [-0.05, 0) is 114 Å². The first-order valence-electron chi connectivity index (χ1n) is 26.5. The molecule has 0 N–H and O–H groups in total. The van der Waals surface area contributed by atoms with Crippen molar-refractivity contribution in [2.24, 2.45) is 0 Å². The van der Waals surface area contributed by atoms with Crippen LogP contribution in [-0.2, 0) is 10.8 Å². The fourth-order valence-electron chi connectivity index (χ4n) is 14.1. The van der Waals surface area contributed by atoms with Crippen LogP contribution < -0.4 is 4.90 Å². The number of hydrogen-bond acceptors (Lipinski definition) is 1. The molecule has 2 heteroatoms. The largest absolute Gasteiger partial charge is 0.309 e. The summed E-state index contributed by atoms with van der Waals surface area (Å²) in [5.41, 5.74) is 25.7. The van der Waals surface area contributed by atoms with Gasteiger partial charge in [0.15, 0.2) is 0 Å². The van der Waals surface area contributed by atoms with Crippen LogP contribution in [0.1, 0.15) is 44.5 Å². The number of anilines is 3. The Balaban J connectivity index is 1.02. The number of aromatic nitrogens is 1. The van der Waals surface area contributed by atoms with E-state index in [1.807, 2.05) is 0 Å². The van der Waals surface area contributed by atoms with E-state index in [1.165, 1.54) is 105 Å². The quantitative estimate of drug-likeness (QED) is 0.155. The van der Waals surface area contributed by atoms with Gasteiger partial charge in [-0.15, -0.1) is 0 Å². The fraction of sp³-hybridized carbons (Fsp3) is 0.0270. The van der Waals surface area contributed by atoms with Crippen molar-refractivity contribution in [1.82, 2.24) is 4.57 Å². The summed E-state index contributed by atoms with van der Waals surface area (Å²) in [7, 11) is 0. The van der Waals surface area contributed by atoms with Crippen molar-refractivity contribution in [3.63, 3.8) is 0 Å². The smallest absolute Gasteiger partial charge is 0.0755 e. The molecule has 3 aliphatic rings. The predicted octanol–water partition coefficient (Wildman–Crippen LogP) is 18.6. The maximum absolute atomic E-state index is 2.59. The van der Waals surface area contributed by atoms with Crippen LogP contribution in [0.4, 0.5) is 17.1 Å². The summed E-state index contributed by atoms with van der Waals surface area (Å²) >= 11 is 0. The minimum atomic E-state index is -0.623. The first kappa shape index (κ1) is 42.7. The highest BCUT2D eigenvalue weighted by atomic mass is 15.2. The van der Waals surface area contributed by atoms with Crippen molar-refractivity contribution in [2.75, 3.05) is 4.90 Å². The average Bonchev–Trinajstić information content (AvgIpc) is 4.12. The van der Waals surface area contributed by atoms with Crippen molar-refractivity contribution in [1.29, 1.82) is 0 Å². The van der Waals surface area contributed by atoms with Crippen LogP contribution in [0.15, 0.2) is 291 Å². The van der Waals surface area contributed by atoms with Gasteiger partial charge < -0.3 is 9.47 Å². The van der Waals surface area contributed by atoms with Crippen LogP contribution >= 0.6 is 0 Å². The van der Waals surface area contributed by atoms with E-state index in [1.54, 1.807) is 0 Å². The second-order valence-corrected chi connectivity index (χ2v) is 20.6. The average molecular weight is 965 g/mol. The van der Waals surface area contributed by atoms with Crippen LogP contribution in [0, 0.1) is 0 Å². The maximum atomic E-state index is 2.59. The number of rotatable bonds is 7. The van der Waals surface area contributed by atoms with E-state index in [9.17, 15) is 0 Å². The lowest BCUT2D eigenvalue weighted by atomic mass is 9.65. The number of para-hydroxylation sites is 3. The molecule has 1 aromatic heterocycles. The van der Waals surface area contributed by atoms with Gasteiger partial charge in [-0.2, -0.15) is 0 Å². The molecule has 0 fully saturated rings. The highest BCUT2D eigenvalue weighted by molar-refractivity contribution is 6.13. The summed E-state index contributed by atoms with van der Waals surface area (Å²) in [5, 5.41) is 2.54. The van der Waals surface area contributed by atoms with E-state index in [0.717, 1.165) is 28.2 Å². The molecule has 16 rings (SSSR count). The summed E-state index contributed by atoms with van der Waals surface area (Å²) in [6.45, 7) is 0. The molecule has 12 aromatic carbocycles. The molecule has 0 radical (unpaired) electrons. The number of hydrogen-bond donors (Lipinski definition) is 0. The second kappa shape index (κ2) is 16.4. The maximum Gasteiger partial charge on any atom is 0.0755 e. The van der Waals surface area contributed by atoms with E-state index in [2.05, 4.69) is 301 Å². The molecule has 1 aliphatic heterocycles. The molecule has 0 unspecified atom stereocenters. The van der Waals surface area contributed by atoms with E-state index >= 15 is 0 Å². The Morgan fingerprint density at radius 3 is 1.47 bits per heavy atom. The monoisotopic (exact) mass is 964 g/mol. The molecule has 0 atom stereocenters. The normalized spacial score (nSPS) is 13.7. The summed E-state index contributed by atoms with van der Waals surface area (Å²) in [6.07, 6.45) is 0.